The molecular weight excluding hydrogens is 450 g/mol. The zero-order chi connectivity index (χ0) is 24.4. The summed E-state index contributed by atoms with van der Waals surface area (Å²) >= 11 is 0. The molecule has 1 fully saturated rings. The molecule has 1 aromatic heterocycles. The largest absolute Gasteiger partial charge is 0.507 e. The zero-order valence-corrected chi connectivity index (χ0v) is 18.8. The van der Waals surface area contributed by atoms with Crippen LogP contribution >= 0.6 is 0 Å². The standard InChI is InChI=1S/C27H23NO7/c1-2-11-32-19-8-5-17(6-9-19)24-23(26(30)27(31)28(24)16-20-4-3-12-33-20)25(29)18-7-10-21-22(15-18)35-14-13-34-21/h2-10,12,15,24,29H,1,11,13-14,16H2/b25-23+. The fraction of sp³-hybridized carbons (Fsp3) is 0.185. The first-order valence-corrected chi connectivity index (χ1v) is 11.1. The number of fused-ring (bicyclic) bond motifs is 1. The molecule has 0 saturated carbocycles. The summed E-state index contributed by atoms with van der Waals surface area (Å²) in [6.07, 6.45) is 3.14. The predicted octanol–water partition coefficient (Wildman–Crippen LogP) is 4.24. The number of hydrogen-bond donors (Lipinski definition) is 1. The second-order valence-corrected chi connectivity index (χ2v) is 8.03. The lowest BCUT2D eigenvalue weighted by Crippen LogP contribution is -2.29. The summed E-state index contributed by atoms with van der Waals surface area (Å²) in [5.41, 5.74) is 0.972. The Kier molecular flexibility index (Phi) is 6.01. The first kappa shape index (κ1) is 22.3. The third-order valence-electron chi connectivity index (χ3n) is 5.83. The molecule has 0 radical (unpaired) electrons. The van der Waals surface area contributed by atoms with Crippen LogP contribution in [0, 0.1) is 0 Å². The van der Waals surface area contributed by atoms with E-state index in [0.717, 1.165) is 0 Å². The van der Waals surface area contributed by atoms with E-state index >= 15 is 0 Å². The van der Waals surface area contributed by atoms with Gasteiger partial charge in [0.2, 0.25) is 0 Å². The number of carbonyl (C=O) groups excluding carboxylic acids is 2. The highest BCUT2D eigenvalue weighted by atomic mass is 16.6. The summed E-state index contributed by atoms with van der Waals surface area (Å²) < 4.78 is 22.1. The van der Waals surface area contributed by atoms with E-state index in [9.17, 15) is 14.7 Å². The molecule has 0 bridgehead atoms. The molecule has 0 aliphatic carbocycles. The van der Waals surface area contributed by atoms with Crippen LogP contribution < -0.4 is 14.2 Å². The summed E-state index contributed by atoms with van der Waals surface area (Å²) in [5.74, 6) is 0.353. The van der Waals surface area contributed by atoms with Gasteiger partial charge >= 0.3 is 0 Å². The van der Waals surface area contributed by atoms with Crippen molar-refractivity contribution in [1.29, 1.82) is 0 Å². The van der Waals surface area contributed by atoms with Crippen LogP contribution in [-0.2, 0) is 16.1 Å². The molecule has 3 aromatic rings. The summed E-state index contributed by atoms with van der Waals surface area (Å²) in [7, 11) is 0. The van der Waals surface area contributed by atoms with Crippen molar-refractivity contribution >= 4 is 17.4 Å². The van der Waals surface area contributed by atoms with Crippen molar-refractivity contribution in [2.24, 2.45) is 0 Å². The van der Waals surface area contributed by atoms with Crippen molar-refractivity contribution in [2.45, 2.75) is 12.6 Å². The number of carbonyl (C=O) groups is 2. The molecule has 2 aliphatic heterocycles. The number of amides is 1. The summed E-state index contributed by atoms with van der Waals surface area (Å²) in [6, 6.07) is 14.5. The maximum absolute atomic E-state index is 13.2. The SMILES string of the molecule is C=CCOc1ccc(C2/C(=C(\O)c3ccc4c(c3)OCCO4)C(=O)C(=O)N2Cc2ccco2)cc1. The maximum Gasteiger partial charge on any atom is 0.296 e. The van der Waals surface area contributed by atoms with Crippen LogP contribution in [0.4, 0.5) is 0 Å². The molecule has 0 spiro atoms. The van der Waals surface area contributed by atoms with E-state index < -0.39 is 17.7 Å². The van der Waals surface area contributed by atoms with Crippen molar-refractivity contribution < 1.29 is 33.3 Å². The monoisotopic (exact) mass is 473 g/mol. The van der Waals surface area contributed by atoms with Crippen LogP contribution in [0.3, 0.4) is 0 Å². The number of nitrogens with zero attached hydrogens (tertiary/aromatic N) is 1. The van der Waals surface area contributed by atoms with Gasteiger partial charge in [0.1, 0.15) is 37.1 Å². The molecule has 1 N–H and O–H groups in total. The highest BCUT2D eigenvalue weighted by Gasteiger charge is 2.46. The van der Waals surface area contributed by atoms with E-state index in [1.54, 1.807) is 60.7 Å². The van der Waals surface area contributed by atoms with Crippen LogP contribution in [0.25, 0.3) is 5.76 Å². The third-order valence-corrected chi connectivity index (χ3v) is 5.83. The molecule has 3 heterocycles. The zero-order valence-electron chi connectivity index (χ0n) is 18.8. The van der Waals surface area contributed by atoms with Crippen molar-refractivity contribution in [2.75, 3.05) is 19.8 Å². The lowest BCUT2D eigenvalue weighted by molar-refractivity contribution is -0.140. The summed E-state index contributed by atoms with van der Waals surface area (Å²) in [5, 5.41) is 11.3. The molecule has 178 valence electrons. The van der Waals surface area contributed by atoms with Crippen LogP contribution in [-0.4, -0.2) is 41.5 Å². The lowest BCUT2D eigenvalue weighted by Gasteiger charge is -2.25. The molecule has 1 amide bonds. The number of aliphatic hydroxyl groups is 1. The van der Waals surface area contributed by atoms with Gasteiger partial charge in [-0.15, -0.1) is 0 Å². The minimum Gasteiger partial charge on any atom is -0.507 e. The third kappa shape index (κ3) is 4.26. The van der Waals surface area contributed by atoms with E-state index in [-0.39, 0.29) is 17.9 Å². The van der Waals surface area contributed by atoms with Gasteiger partial charge in [0.15, 0.2) is 11.5 Å². The molecule has 2 aliphatic rings. The summed E-state index contributed by atoms with van der Waals surface area (Å²) in [4.78, 5) is 27.7. The molecule has 8 nitrogen and oxygen atoms in total. The van der Waals surface area contributed by atoms with Crippen LogP contribution in [0.1, 0.15) is 22.9 Å². The predicted molar refractivity (Wildman–Crippen MR) is 126 cm³/mol. The number of furan rings is 1. The Morgan fingerprint density at radius 1 is 1.09 bits per heavy atom. The van der Waals surface area contributed by atoms with Crippen molar-refractivity contribution in [3.8, 4) is 17.2 Å². The normalized spacial score (nSPS) is 18.5. The Hall–Kier alpha value is -4.46. The Morgan fingerprint density at radius 2 is 1.86 bits per heavy atom. The van der Waals surface area contributed by atoms with Crippen molar-refractivity contribution in [3.05, 3.63) is 96.0 Å². The topological polar surface area (TPSA) is 98.4 Å². The maximum atomic E-state index is 13.2. The van der Waals surface area contributed by atoms with E-state index in [0.29, 0.717) is 54.0 Å². The molecule has 8 heteroatoms. The molecule has 2 aromatic carbocycles. The van der Waals surface area contributed by atoms with Gasteiger partial charge in [0.25, 0.3) is 11.7 Å². The number of Topliss-reactive ketones (excluding diaryl/α,β-unsaturated/α-hetero) is 1. The molecule has 5 rings (SSSR count). The van der Waals surface area contributed by atoms with Gasteiger partial charge in [-0.2, -0.15) is 0 Å². The number of benzene rings is 2. The second kappa shape index (κ2) is 9.42. The minimum atomic E-state index is -0.832. The van der Waals surface area contributed by atoms with Crippen LogP contribution in [0.15, 0.2) is 83.5 Å². The van der Waals surface area contributed by atoms with E-state index in [4.69, 9.17) is 18.6 Å². The van der Waals surface area contributed by atoms with Gasteiger partial charge in [0.05, 0.1) is 24.4 Å². The van der Waals surface area contributed by atoms with E-state index in [1.807, 2.05) is 0 Å². The Morgan fingerprint density at radius 3 is 2.57 bits per heavy atom. The fourth-order valence-electron chi connectivity index (χ4n) is 4.21. The van der Waals surface area contributed by atoms with Gasteiger partial charge in [-0.1, -0.05) is 24.8 Å². The summed E-state index contributed by atoms with van der Waals surface area (Å²) in [6.45, 7) is 4.86. The minimum absolute atomic E-state index is 0.0157. The number of likely N-dealkylation sites (tertiary alicyclic amines) is 1. The van der Waals surface area contributed by atoms with Gasteiger partial charge in [-0.3, -0.25) is 9.59 Å². The van der Waals surface area contributed by atoms with E-state index in [1.165, 1.54) is 11.2 Å². The smallest absolute Gasteiger partial charge is 0.296 e. The molecule has 1 unspecified atom stereocenters. The number of ketones is 1. The molecular formula is C27H23NO7. The van der Waals surface area contributed by atoms with Crippen molar-refractivity contribution in [1.82, 2.24) is 4.90 Å². The number of hydrogen-bond acceptors (Lipinski definition) is 7. The van der Waals surface area contributed by atoms with E-state index in [2.05, 4.69) is 6.58 Å². The van der Waals surface area contributed by atoms with Gasteiger partial charge in [-0.25, -0.2) is 0 Å². The fourth-order valence-corrected chi connectivity index (χ4v) is 4.21. The Balaban J connectivity index is 1.59. The number of aliphatic hydroxyl groups excluding tert-OH is 1. The van der Waals surface area contributed by atoms with Crippen LogP contribution in [0.2, 0.25) is 0 Å². The average Bonchev–Trinajstić information content (AvgIpc) is 3.49. The quantitative estimate of drug-likeness (QED) is 0.237. The second-order valence-electron chi connectivity index (χ2n) is 8.03. The van der Waals surface area contributed by atoms with Gasteiger partial charge in [0, 0.05) is 5.56 Å². The molecule has 1 atom stereocenters. The highest BCUT2D eigenvalue weighted by Crippen LogP contribution is 2.42. The van der Waals surface area contributed by atoms with Gasteiger partial charge in [-0.05, 0) is 48.0 Å². The first-order chi connectivity index (χ1) is 17.1. The number of rotatable bonds is 7. The lowest BCUT2D eigenvalue weighted by atomic mass is 9.95. The highest BCUT2D eigenvalue weighted by molar-refractivity contribution is 6.46. The van der Waals surface area contributed by atoms with Crippen molar-refractivity contribution in [3.63, 3.8) is 0 Å². The van der Waals surface area contributed by atoms with Gasteiger partial charge < -0.3 is 28.6 Å². The Labute approximate surface area is 201 Å². The molecule has 35 heavy (non-hydrogen) atoms. The van der Waals surface area contributed by atoms with Crippen LogP contribution in [0.5, 0.6) is 17.2 Å². The molecule has 1 saturated heterocycles. The average molecular weight is 473 g/mol. The Bertz CT molecular complexity index is 1290. The number of ether oxygens (including phenoxy) is 3. The first-order valence-electron chi connectivity index (χ1n) is 11.1.